The molecule has 0 aliphatic rings. The molecule has 2 rings (SSSR count). The minimum Gasteiger partial charge on any atom is -0.479 e. The number of aliphatic carboxylic acids is 1. The van der Waals surface area contributed by atoms with Crippen LogP contribution >= 0.6 is 0 Å². The lowest BCUT2D eigenvalue weighted by molar-refractivity contribution is -0.144. The summed E-state index contributed by atoms with van der Waals surface area (Å²) in [5.41, 5.74) is 2.18. The second-order valence-electron chi connectivity index (χ2n) is 5.72. The number of ether oxygens (including phenoxy) is 1. The lowest BCUT2D eigenvalue weighted by atomic mass is 10.1. The molecule has 0 amide bonds. The normalized spacial score (nSPS) is 12.3. The minimum absolute atomic E-state index is 0.621. The van der Waals surface area contributed by atoms with Crippen molar-refractivity contribution >= 4 is 5.97 Å². The average molecular weight is 317 g/mol. The fourth-order valence-corrected chi connectivity index (χ4v) is 2.28. The highest BCUT2D eigenvalue weighted by Gasteiger charge is 2.15. The van der Waals surface area contributed by atoms with Crippen LogP contribution < -0.4 is 4.74 Å². The van der Waals surface area contributed by atoms with E-state index in [2.05, 4.69) is 10.00 Å². The molecule has 2 aromatic rings. The van der Waals surface area contributed by atoms with Crippen molar-refractivity contribution in [1.82, 2.24) is 14.7 Å². The Balaban J connectivity index is 1.94. The SMILES string of the molecule is CC(Oc1ccccc1CN(C)CCc1cnn(C)c1)C(=O)O. The molecule has 1 atom stereocenters. The van der Waals surface area contributed by atoms with Gasteiger partial charge in [0.05, 0.1) is 6.20 Å². The molecule has 0 bridgehead atoms. The Labute approximate surface area is 136 Å². The summed E-state index contributed by atoms with van der Waals surface area (Å²) < 4.78 is 7.33. The van der Waals surface area contributed by atoms with Crippen LogP contribution in [-0.2, 0) is 24.8 Å². The van der Waals surface area contributed by atoms with E-state index in [0.717, 1.165) is 18.5 Å². The maximum Gasteiger partial charge on any atom is 0.344 e. The average Bonchev–Trinajstić information content (AvgIpc) is 2.92. The molecule has 0 spiro atoms. The van der Waals surface area contributed by atoms with Gasteiger partial charge in [0.2, 0.25) is 0 Å². The summed E-state index contributed by atoms with van der Waals surface area (Å²) in [6, 6.07) is 7.56. The molecule has 1 heterocycles. The molecule has 6 nitrogen and oxygen atoms in total. The Kier molecular flexibility index (Phi) is 5.76. The van der Waals surface area contributed by atoms with Crippen LogP contribution in [0, 0.1) is 0 Å². The standard InChI is InChI=1S/C17H23N3O3/c1-13(17(21)22)23-16-7-5-4-6-15(16)12-19(2)9-8-14-10-18-20(3)11-14/h4-7,10-11,13H,8-9,12H2,1-3H3,(H,21,22). The third-order valence-corrected chi connectivity index (χ3v) is 3.60. The van der Waals surface area contributed by atoms with E-state index < -0.39 is 12.1 Å². The second kappa shape index (κ2) is 7.78. The van der Waals surface area contributed by atoms with E-state index in [1.165, 1.54) is 12.5 Å². The van der Waals surface area contributed by atoms with Crippen LogP contribution in [0.2, 0.25) is 0 Å². The molecule has 0 fully saturated rings. The molecular formula is C17H23N3O3. The highest BCUT2D eigenvalue weighted by Crippen LogP contribution is 2.21. The van der Waals surface area contributed by atoms with Gasteiger partial charge in [0.15, 0.2) is 6.10 Å². The highest BCUT2D eigenvalue weighted by atomic mass is 16.5. The van der Waals surface area contributed by atoms with Crippen molar-refractivity contribution in [1.29, 1.82) is 0 Å². The molecule has 0 aliphatic carbocycles. The third-order valence-electron chi connectivity index (χ3n) is 3.60. The quantitative estimate of drug-likeness (QED) is 0.806. The van der Waals surface area contributed by atoms with Crippen LogP contribution in [0.5, 0.6) is 5.75 Å². The zero-order chi connectivity index (χ0) is 16.8. The number of benzene rings is 1. The third kappa shape index (κ3) is 5.10. The summed E-state index contributed by atoms with van der Waals surface area (Å²) in [5.74, 6) is -0.347. The zero-order valence-corrected chi connectivity index (χ0v) is 13.8. The number of carboxylic acid groups (broad SMARTS) is 1. The summed E-state index contributed by atoms with van der Waals surface area (Å²) in [6.07, 6.45) is 3.94. The highest BCUT2D eigenvalue weighted by molar-refractivity contribution is 5.72. The molecule has 124 valence electrons. The van der Waals surface area contributed by atoms with Crippen molar-refractivity contribution in [3.63, 3.8) is 0 Å². The van der Waals surface area contributed by atoms with E-state index in [-0.39, 0.29) is 0 Å². The molecule has 1 aromatic heterocycles. The maximum absolute atomic E-state index is 11.0. The number of aromatic nitrogens is 2. The molecule has 1 unspecified atom stereocenters. The Morgan fingerprint density at radius 3 is 2.83 bits per heavy atom. The number of hydrogen-bond acceptors (Lipinski definition) is 4. The fraction of sp³-hybridized carbons (Fsp3) is 0.412. The van der Waals surface area contributed by atoms with Crippen LogP contribution in [-0.4, -0.2) is 45.5 Å². The Hall–Kier alpha value is -2.34. The van der Waals surface area contributed by atoms with E-state index >= 15 is 0 Å². The predicted octanol–water partition coefficient (Wildman–Crippen LogP) is 1.95. The van der Waals surface area contributed by atoms with Gasteiger partial charge in [-0.25, -0.2) is 4.79 Å². The van der Waals surface area contributed by atoms with E-state index in [4.69, 9.17) is 9.84 Å². The number of likely N-dealkylation sites (N-methyl/N-ethyl adjacent to an activating group) is 1. The molecule has 23 heavy (non-hydrogen) atoms. The topological polar surface area (TPSA) is 67.6 Å². The molecule has 1 aromatic carbocycles. The van der Waals surface area contributed by atoms with Gasteiger partial charge >= 0.3 is 5.97 Å². The van der Waals surface area contributed by atoms with Crippen molar-refractivity contribution < 1.29 is 14.6 Å². The first-order chi connectivity index (χ1) is 11.0. The second-order valence-corrected chi connectivity index (χ2v) is 5.72. The van der Waals surface area contributed by atoms with Gasteiger partial charge < -0.3 is 14.7 Å². The van der Waals surface area contributed by atoms with Gasteiger partial charge in [0, 0.05) is 31.9 Å². The number of carbonyl (C=O) groups is 1. The smallest absolute Gasteiger partial charge is 0.344 e. The zero-order valence-electron chi connectivity index (χ0n) is 13.8. The summed E-state index contributed by atoms with van der Waals surface area (Å²) in [5, 5.41) is 13.1. The number of nitrogens with zero attached hydrogens (tertiary/aromatic N) is 3. The molecule has 0 saturated carbocycles. The maximum atomic E-state index is 11.0. The van der Waals surface area contributed by atoms with Crippen molar-refractivity contribution in [2.45, 2.75) is 26.0 Å². The summed E-state index contributed by atoms with van der Waals surface area (Å²) in [6.45, 7) is 3.11. The van der Waals surface area contributed by atoms with Gasteiger partial charge in [0.1, 0.15) is 5.75 Å². The van der Waals surface area contributed by atoms with Gasteiger partial charge in [0.25, 0.3) is 0 Å². The first kappa shape index (κ1) is 17.0. The first-order valence-electron chi connectivity index (χ1n) is 7.59. The molecule has 1 N–H and O–H groups in total. The van der Waals surface area contributed by atoms with Crippen molar-refractivity contribution in [2.24, 2.45) is 7.05 Å². The van der Waals surface area contributed by atoms with E-state index in [0.29, 0.717) is 12.3 Å². The van der Waals surface area contributed by atoms with Crippen LogP contribution in [0.1, 0.15) is 18.1 Å². The Bertz CT molecular complexity index is 654. The first-order valence-corrected chi connectivity index (χ1v) is 7.59. The fourth-order valence-electron chi connectivity index (χ4n) is 2.28. The Morgan fingerprint density at radius 2 is 2.17 bits per heavy atom. The molecule has 0 radical (unpaired) electrons. The van der Waals surface area contributed by atoms with Crippen LogP contribution in [0.25, 0.3) is 0 Å². The lowest BCUT2D eigenvalue weighted by Crippen LogP contribution is -2.25. The predicted molar refractivity (Wildman–Crippen MR) is 87.4 cm³/mol. The lowest BCUT2D eigenvalue weighted by Gasteiger charge is -2.19. The minimum atomic E-state index is -0.968. The van der Waals surface area contributed by atoms with Crippen LogP contribution in [0.3, 0.4) is 0 Å². The molecule has 0 aliphatic heterocycles. The van der Waals surface area contributed by atoms with E-state index in [1.54, 1.807) is 4.68 Å². The molecule has 0 saturated heterocycles. The Morgan fingerprint density at radius 1 is 1.43 bits per heavy atom. The van der Waals surface area contributed by atoms with E-state index in [1.807, 2.05) is 50.8 Å². The van der Waals surface area contributed by atoms with Crippen molar-refractivity contribution in [3.05, 3.63) is 47.8 Å². The van der Waals surface area contributed by atoms with Gasteiger partial charge in [-0.3, -0.25) is 4.68 Å². The molecular weight excluding hydrogens is 294 g/mol. The van der Waals surface area contributed by atoms with Crippen LogP contribution in [0.4, 0.5) is 0 Å². The summed E-state index contributed by atoms with van der Waals surface area (Å²) in [4.78, 5) is 13.1. The molecule has 6 heteroatoms. The van der Waals surface area contributed by atoms with Gasteiger partial charge in [-0.2, -0.15) is 5.10 Å². The number of hydrogen-bond donors (Lipinski definition) is 1. The van der Waals surface area contributed by atoms with Crippen molar-refractivity contribution in [2.75, 3.05) is 13.6 Å². The van der Waals surface area contributed by atoms with Gasteiger partial charge in [-0.05, 0) is 32.0 Å². The van der Waals surface area contributed by atoms with Crippen LogP contribution in [0.15, 0.2) is 36.7 Å². The number of para-hydroxylation sites is 1. The number of aryl methyl sites for hydroxylation is 1. The van der Waals surface area contributed by atoms with Crippen molar-refractivity contribution in [3.8, 4) is 5.75 Å². The van der Waals surface area contributed by atoms with E-state index in [9.17, 15) is 4.79 Å². The largest absolute Gasteiger partial charge is 0.479 e. The van der Waals surface area contributed by atoms with Gasteiger partial charge in [-0.15, -0.1) is 0 Å². The number of rotatable bonds is 8. The van der Waals surface area contributed by atoms with Gasteiger partial charge in [-0.1, -0.05) is 18.2 Å². The number of carboxylic acids is 1. The summed E-state index contributed by atoms with van der Waals surface area (Å²) >= 11 is 0. The summed E-state index contributed by atoms with van der Waals surface area (Å²) in [7, 11) is 3.94. The monoisotopic (exact) mass is 317 g/mol.